The van der Waals surface area contributed by atoms with Gasteiger partial charge in [-0.05, 0) is 13.0 Å². The van der Waals surface area contributed by atoms with Crippen LogP contribution in [0.5, 0.6) is 0 Å². The van der Waals surface area contributed by atoms with E-state index in [4.69, 9.17) is 0 Å². The van der Waals surface area contributed by atoms with Crippen LogP contribution in [0.4, 0.5) is 11.5 Å². The van der Waals surface area contributed by atoms with Gasteiger partial charge in [-0.1, -0.05) is 0 Å². The summed E-state index contributed by atoms with van der Waals surface area (Å²) in [4.78, 5) is 8.18. The lowest BCUT2D eigenvalue weighted by molar-refractivity contribution is 1.06. The van der Waals surface area contributed by atoms with Gasteiger partial charge in [0, 0.05) is 12.4 Å². The summed E-state index contributed by atoms with van der Waals surface area (Å²) < 4.78 is 0. The summed E-state index contributed by atoms with van der Waals surface area (Å²) in [6.45, 7) is 1.85. The number of hydrogen-bond acceptors (Lipinski definition) is 4. The van der Waals surface area contributed by atoms with E-state index >= 15 is 0 Å². The minimum Gasteiger partial charge on any atom is -0.338 e. The normalized spacial score (nSPS) is 9.92. The molecule has 13 heavy (non-hydrogen) atoms. The molecule has 2 heterocycles. The van der Waals surface area contributed by atoms with E-state index in [-0.39, 0.29) is 0 Å². The standard InChI is InChI=1S/C8H9N5/c1-6-9-3-2-8(12-6)13-7-4-10-11-5-7/h2-5H,1H3,(H,10,11)(H,9,12,13). The van der Waals surface area contributed by atoms with Gasteiger partial charge in [0.25, 0.3) is 0 Å². The number of hydrogen-bond donors (Lipinski definition) is 2. The van der Waals surface area contributed by atoms with Gasteiger partial charge in [-0.25, -0.2) is 9.97 Å². The Hall–Kier alpha value is -1.91. The second-order valence-corrected chi connectivity index (χ2v) is 2.60. The number of anilines is 2. The van der Waals surface area contributed by atoms with E-state index in [0.29, 0.717) is 0 Å². The molecule has 0 aliphatic rings. The van der Waals surface area contributed by atoms with Gasteiger partial charge < -0.3 is 5.32 Å². The summed E-state index contributed by atoms with van der Waals surface area (Å²) in [6.07, 6.45) is 5.17. The maximum atomic E-state index is 4.18. The largest absolute Gasteiger partial charge is 0.338 e. The number of nitrogens with zero attached hydrogens (tertiary/aromatic N) is 3. The van der Waals surface area contributed by atoms with Crippen LogP contribution in [-0.2, 0) is 0 Å². The highest BCUT2D eigenvalue weighted by atomic mass is 15.1. The third kappa shape index (κ3) is 1.81. The predicted octanol–water partition coefficient (Wildman–Crippen LogP) is 1.25. The second kappa shape index (κ2) is 3.22. The molecule has 0 radical (unpaired) electrons. The summed E-state index contributed by atoms with van der Waals surface area (Å²) in [5, 5.41) is 9.60. The summed E-state index contributed by atoms with van der Waals surface area (Å²) in [5.74, 6) is 1.52. The number of aromatic nitrogens is 4. The number of nitrogens with one attached hydrogen (secondary N) is 2. The number of H-pyrrole nitrogens is 1. The Morgan fingerprint density at radius 1 is 1.46 bits per heavy atom. The van der Waals surface area contributed by atoms with Crippen molar-refractivity contribution in [2.75, 3.05) is 5.32 Å². The first-order valence-corrected chi connectivity index (χ1v) is 3.90. The molecule has 0 unspecified atom stereocenters. The molecule has 0 spiro atoms. The van der Waals surface area contributed by atoms with Gasteiger partial charge in [0.2, 0.25) is 0 Å². The summed E-state index contributed by atoms with van der Waals surface area (Å²) >= 11 is 0. The third-order valence-electron chi connectivity index (χ3n) is 1.55. The summed E-state index contributed by atoms with van der Waals surface area (Å²) in [7, 11) is 0. The smallest absolute Gasteiger partial charge is 0.134 e. The van der Waals surface area contributed by atoms with Crippen molar-refractivity contribution in [2.45, 2.75) is 6.92 Å². The van der Waals surface area contributed by atoms with Crippen LogP contribution in [0.1, 0.15) is 5.82 Å². The highest BCUT2D eigenvalue weighted by molar-refractivity contribution is 5.52. The Morgan fingerprint density at radius 2 is 2.38 bits per heavy atom. The Kier molecular flexibility index (Phi) is 1.91. The molecule has 0 amide bonds. The molecule has 0 saturated heterocycles. The van der Waals surface area contributed by atoms with E-state index in [9.17, 15) is 0 Å². The van der Waals surface area contributed by atoms with Crippen molar-refractivity contribution in [3.8, 4) is 0 Å². The lowest BCUT2D eigenvalue weighted by Crippen LogP contribution is -1.94. The first kappa shape index (κ1) is 7.72. The molecule has 0 aliphatic heterocycles. The lowest BCUT2D eigenvalue weighted by Gasteiger charge is -2.01. The zero-order valence-electron chi connectivity index (χ0n) is 7.15. The molecule has 2 aromatic heterocycles. The van der Waals surface area contributed by atoms with Gasteiger partial charge in [0.1, 0.15) is 11.6 Å². The van der Waals surface area contributed by atoms with Gasteiger partial charge in [-0.15, -0.1) is 0 Å². The van der Waals surface area contributed by atoms with Crippen molar-refractivity contribution >= 4 is 11.5 Å². The molecule has 0 atom stereocenters. The van der Waals surface area contributed by atoms with Crippen molar-refractivity contribution in [3.05, 3.63) is 30.5 Å². The fourth-order valence-electron chi connectivity index (χ4n) is 0.993. The third-order valence-corrected chi connectivity index (χ3v) is 1.55. The first-order valence-electron chi connectivity index (χ1n) is 3.90. The molecule has 5 heteroatoms. The molecule has 2 aromatic rings. The minimum atomic E-state index is 0.744. The van der Waals surface area contributed by atoms with Gasteiger partial charge in [-0.3, -0.25) is 5.10 Å². The zero-order valence-corrected chi connectivity index (χ0v) is 7.15. The molecule has 5 nitrogen and oxygen atoms in total. The van der Waals surface area contributed by atoms with E-state index in [1.165, 1.54) is 0 Å². The van der Waals surface area contributed by atoms with Crippen LogP contribution in [0.2, 0.25) is 0 Å². The average molecular weight is 175 g/mol. The molecule has 0 aliphatic carbocycles. The van der Waals surface area contributed by atoms with Crippen LogP contribution in [0, 0.1) is 6.92 Å². The Bertz CT molecular complexity index is 381. The quantitative estimate of drug-likeness (QED) is 0.720. The van der Waals surface area contributed by atoms with Crippen molar-refractivity contribution in [3.63, 3.8) is 0 Å². The Morgan fingerprint density at radius 3 is 3.08 bits per heavy atom. The summed E-state index contributed by atoms with van der Waals surface area (Å²) in [6, 6.07) is 1.81. The molecule has 2 rings (SSSR count). The first-order chi connectivity index (χ1) is 6.34. The topological polar surface area (TPSA) is 66.5 Å². The average Bonchev–Trinajstić information content (AvgIpc) is 2.57. The van der Waals surface area contributed by atoms with Gasteiger partial charge in [-0.2, -0.15) is 5.10 Å². The predicted molar refractivity (Wildman–Crippen MR) is 48.6 cm³/mol. The highest BCUT2D eigenvalue weighted by Crippen LogP contribution is 2.10. The van der Waals surface area contributed by atoms with Crippen molar-refractivity contribution < 1.29 is 0 Å². The van der Waals surface area contributed by atoms with Gasteiger partial charge in [0.15, 0.2) is 0 Å². The molecule has 66 valence electrons. The Labute approximate surface area is 75.2 Å². The SMILES string of the molecule is Cc1nccc(Nc2cn[nH]c2)n1. The van der Waals surface area contributed by atoms with Gasteiger partial charge in [0.05, 0.1) is 11.9 Å². The molecule has 2 N–H and O–H groups in total. The van der Waals surface area contributed by atoms with Crippen LogP contribution < -0.4 is 5.32 Å². The number of aromatic amines is 1. The van der Waals surface area contributed by atoms with Gasteiger partial charge >= 0.3 is 0 Å². The van der Waals surface area contributed by atoms with Crippen LogP contribution in [0.15, 0.2) is 24.7 Å². The van der Waals surface area contributed by atoms with E-state index in [2.05, 4.69) is 25.5 Å². The second-order valence-electron chi connectivity index (χ2n) is 2.60. The summed E-state index contributed by atoms with van der Waals surface area (Å²) in [5.41, 5.74) is 0.887. The van der Waals surface area contributed by atoms with Crippen molar-refractivity contribution in [2.24, 2.45) is 0 Å². The molecule has 0 saturated carbocycles. The molecule has 0 aromatic carbocycles. The molecular formula is C8H9N5. The highest BCUT2D eigenvalue weighted by Gasteiger charge is 1.96. The van der Waals surface area contributed by atoms with E-state index in [1.807, 2.05) is 6.92 Å². The van der Waals surface area contributed by atoms with Crippen molar-refractivity contribution in [1.82, 2.24) is 20.2 Å². The fourth-order valence-corrected chi connectivity index (χ4v) is 0.993. The minimum absolute atomic E-state index is 0.744. The van der Waals surface area contributed by atoms with E-state index < -0.39 is 0 Å². The maximum Gasteiger partial charge on any atom is 0.134 e. The van der Waals surface area contributed by atoms with Crippen LogP contribution >= 0.6 is 0 Å². The molecular weight excluding hydrogens is 166 g/mol. The molecule has 0 bridgehead atoms. The maximum absolute atomic E-state index is 4.18. The van der Waals surface area contributed by atoms with Crippen molar-refractivity contribution in [1.29, 1.82) is 0 Å². The van der Waals surface area contributed by atoms with Crippen LogP contribution in [0.3, 0.4) is 0 Å². The van der Waals surface area contributed by atoms with E-state index in [1.54, 1.807) is 24.7 Å². The number of rotatable bonds is 2. The lowest BCUT2D eigenvalue weighted by atomic mass is 10.5. The van der Waals surface area contributed by atoms with E-state index in [0.717, 1.165) is 17.3 Å². The zero-order chi connectivity index (χ0) is 9.10. The van der Waals surface area contributed by atoms with Crippen LogP contribution in [0.25, 0.3) is 0 Å². The Balaban J connectivity index is 2.19. The molecule has 0 fully saturated rings. The fraction of sp³-hybridized carbons (Fsp3) is 0.125. The number of aryl methyl sites for hydroxylation is 1. The van der Waals surface area contributed by atoms with Crippen LogP contribution in [-0.4, -0.2) is 20.2 Å². The monoisotopic (exact) mass is 175 g/mol.